The van der Waals surface area contributed by atoms with Gasteiger partial charge in [0.05, 0.1) is 6.54 Å². The standard InChI is InChI=1S/C19H32N4.HI/c1-3-22(4-2)16-18-11-9-10-17(14-18)15-21-19(20)23-12-7-5-6-8-13-23;/h9-11,14H,3-8,12-13,15-16H2,1-2H3,(H2,20,21);1H. The predicted octanol–water partition coefficient (Wildman–Crippen LogP) is 3.84. The molecule has 2 N–H and O–H groups in total. The van der Waals surface area contributed by atoms with Crippen molar-refractivity contribution in [1.82, 2.24) is 9.80 Å². The van der Waals surface area contributed by atoms with Gasteiger partial charge in [-0.15, -0.1) is 24.0 Å². The molecule has 0 spiro atoms. The van der Waals surface area contributed by atoms with E-state index in [2.05, 4.69) is 52.9 Å². The molecule has 0 aliphatic carbocycles. The first-order chi connectivity index (χ1) is 11.2. The van der Waals surface area contributed by atoms with Gasteiger partial charge in [0.25, 0.3) is 0 Å². The Morgan fingerprint density at radius 2 is 1.71 bits per heavy atom. The number of halogens is 1. The summed E-state index contributed by atoms with van der Waals surface area (Å²) in [6, 6.07) is 8.73. The molecule has 0 radical (unpaired) electrons. The molecule has 1 aromatic carbocycles. The zero-order valence-electron chi connectivity index (χ0n) is 15.2. The minimum Gasteiger partial charge on any atom is -0.370 e. The van der Waals surface area contributed by atoms with Crippen molar-refractivity contribution < 1.29 is 0 Å². The Hall–Kier alpha value is -0.820. The Kier molecular flexibility index (Phi) is 10.3. The Morgan fingerprint density at radius 1 is 1.08 bits per heavy atom. The van der Waals surface area contributed by atoms with Gasteiger partial charge in [0.15, 0.2) is 5.96 Å². The summed E-state index contributed by atoms with van der Waals surface area (Å²) in [6.07, 6.45) is 5.10. The molecule has 0 amide bonds. The monoisotopic (exact) mass is 444 g/mol. The van der Waals surface area contributed by atoms with E-state index in [1.807, 2.05) is 0 Å². The Balaban J connectivity index is 0.00000288. The minimum atomic E-state index is 0. The molecule has 1 saturated heterocycles. The molecule has 1 aliphatic heterocycles. The molecule has 136 valence electrons. The van der Waals surface area contributed by atoms with E-state index in [1.54, 1.807) is 0 Å². The molecule has 0 saturated carbocycles. The van der Waals surface area contributed by atoms with Crippen LogP contribution in [-0.4, -0.2) is 41.9 Å². The van der Waals surface area contributed by atoms with Crippen LogP contribution in [0, 0.1) is 0 Å². The number of guanidine groups is 1. The molecule has 1 heterocycles. The number of nitrogens with two attached hydrogens (primary N) is 1. The van der Waals surface area contributed by atoms with Gasteiger partial charge in [-0.2, -0.15) is 0 Å². The third kappa shape index (κ3) is 6.97. The molecule has 2 rings (SSSR count). The molecule has 4 nitrogen and oxygen atoms in total. The third-order valence-corrected chi connectivity index (χ3v) is 4.65. The summed E-state index contributed by atoms with van der Waals surface area (Å²) >= 11 is 0. The molecular formula is C19H33IN4. The lowest BCUT2D eigenvalue weighted by Gasteiger charge is -2.21. The molecule has 0 atom stereocenters. The number of aliphatic imine (C=N–C) groups is 1. The highest BCUT2D eigenvalue weighted by Gasteiger charge is 2.10. The van der Waals surface area contributed by atoms with E-state index in [9.17, 15) is 0 Å². The zero-order valence-corrected chi connectivity index (χ0v) is 17.5. The van der Waals surface area contributed by atoms with Crippen molar-refractivity contribution in [2.45, 2.75) is 52.6 Å². The van der Waals surface area contributed by atoms with Crippen molar-refractivity contribution in [3.63, 3.8) is 0 Å². The normalized spacial score (nSPS) is 16.0. The summed E-state index contributed by atoms with van der Waals surface area (Å²) < 4.78 is 0. The van der Waals surface area contributed by atoms with Crippen LogP contribution in [0.2, 0.25) is 0 Å². The van der Waals surface area contributed by atoms with Crippen LogP contribution in [-0.2, 0) is 13.1 Å². The summed E-state index contributed by atoms with van der Waals surface area (Å²) in [7, 11) is 0. The van der Waals surface area contributed by atoms with Crippen molar-refractivity contribution in [3.05, 3.63) is 35.4 Å². The molecule has 24 heavy (non-hydrogen) atoms. The van der Waals surface area contributed by atoms with Gasteiger partial charge in [0.2, 0.25) is 0 Å². The predicted molar refractivity (Wildman–Crippen MR) is 114 cm³/mol. The van der Waals surface area contributed by atoms with Gasteiger partial charge in [-0.3, -0.25) is 4.90 Å². The molecule has 0 unspecified atom stereocenters. The highest BCUT2D eigenvalue weighted by atomic mass is 127. The van der Waals surface area contributed by atoms with Crippen LogP contribution in [0.15, 0.2) is 29.3 Å². The van der Waals surface area contributed by atoms with Crippen LogP contribution in [0.4, 0.5) is 0 Å². The van der Waals surface area contributed by atoms with E-state index in [-0.39, 0.29) is 24.0 Å². The van der Waals surface area contributed by atoms with Gasteiger partial charge in [-0.05, 0) is 37.1 Å². The van der Waals surface area contributed by atoms with E-state index in [0.717, 1.165) is 32.7 Å². The lowest BCUT2D eigenvalue weighted by Crippen LogP contribution is -2.38. The number of hydrogen-bond donors (Lipinski definition) is 1. The van der Waals surface area contributed by atoms with Crippen LogP contribution in [0.25, 0.3) is 0 Å². The summed E-state index contributed by atoms with van der Waals surface area (Å²) in [5.74, 6) is 0.709. The first-order valence-electron chi connectivity index (χ1n) is 9.08. The molecular weight excluding hydrogens is 411 g/mol. The average molecular weight is 444 g/mol. The number of hydrogen-bond acceptors (Lipinski definition) is 2. The summed E-state index contributed by atoms with van der Waals surface area (Å²) in [6.45, 7) is 10.4. The topological polar surface area (TPSA) is 44.9 Å². The maximum Gasteiger partial charge on any atom is 0.191 e. The Labute approximate surface area is 164 Å². The minimum absolute atomic E-state index is 0. The highest BCUT2D eigenvalue weighted by Crippen LogP contribution is 2.11. The van der Waals surface area contributed by atoms with Gasteiger partial charge in [-0.25, -0.2) is 4.99 Å². The largest absolute Gasteiger partial charge is 0.370 e. The van der Waals surface area contributed by atoms with Crippen LogP contribution in [0.5, 0.6) is 0 Å². The highest BCUT2D eigenvalue weighted by molar-refractivity contribution is 14.0. The lowest BCUT2D eigenvalue weighted by atomic mass is 10.1. The fraction of sp³-hybridized carbons (Fsp3) is 0.632. The van der Waals surface area contributed by atoms with Gasteiger partial charge >= 0.3 is 0 Å². The second kappa shape index (κ2) is 11.7. The SMILES string of the molecule is CCN(CC)Cc1cccc(CN=C(N)N2CCCCCC2)c1.I. The van der Waals surface area contributed by atoms with Crippen molar-refractivity contribution >= 4 is 29.9 Å². The third-order valence-electron chi connectivity index (χ3n) is 4.65. The smallest absolute Gasteiger partial charge is 0.191 e. The molecule has 0 bridgehead atoms. The molecule has 0 aromatic heterocycles. The molecule has 1 aromatic rings. The molecule has 1 aliphatic rings. The summed E-state index contributed by atoms with van der Waals surface area (Å²) in [4.78, 5) is 9.29. The summed E-state index contributed by atoms with van der Waals surface area (Å²) in [5.41, 5.74) is 8.79. The molecule has 1 fully saturated rings. The van der Waals surface area contributed by atoms with E-state index < -0.39 is 0 Å². The number of likely N-dealkylation sites (tertiary alicyclic amines) is 1. The van der Waals surface area contributed by atoms with E-state index in [0.29, 0.717) is 12.5 Å². The van der Waals surface area contributed by atoms with Crippen molar-refractivity contribution in [2.75, 3.05) is 26.2 Å². The first kappa shape index (κ1) is 21.2. The quantitative estimate of drug-likeness (QED) is 0.412. The second-order valence-electron chi connectivity index (χ2n) is 6.36. The molecule has 5 heteroatoms. The number of nitrogens with zero attached hydrogens (tertiary/aromatic N) is 3. The fourth-order valence-corrected chi connectivity index (χ4v) is 3.10. The van der Waals surface area contributed by atoms with Gasteiger partial charge in [-0.1, -0.05) is 51.0 Å². The maximum absolute atomic E-state index is 6.20. The van der Waals surface area contributed by atoms with Crippen LogP contribution < -0.4 is 5.73 Å². The fourth-order valence-electron chi connectivity index (χ4n) is 3.10. The van der Waals surface area contributed by atoms with Crippen molar-refractivity contribution in [2.24, 2.45) is 10.7 Å². The van der Waals surface area contributed by atoms with Crippen LogP contribution in [0.1, 0.15) is 50.7 Å². The summed E-state index contributed by atoms with van der Waals surface area (Å²) in [5, 5.41) is 0. The van der Waals surface area contributed by atoms with Gasteiger partial charge in [0, 0.05) is 19.6 Å². The average Bonchev–Trinajstić information content (AvgIpc) is 2.87. The van der Waals surface area contributed by atoms with E-state index in [1.165, 1.54) is 36.8 Å². The number of rotatable bonds is 6. The van der Waals surface area contributed by atoms with Crippen molar-refractivity contribution in [1.29, 1.82) is 0 Å². The second-order valence-corrected chi connectivity index (χ2v) is 6.36. The first-order valence-corrected chi connectivity index (χ1v) is 9.08. The van der Waals surface area contributed by atoms with E-state index >= 15 is 0 Å². The van der Waals surface area contributed by atoms with Crippen LogP contribution >= 0.6 is 24.0 Å². The van der Waals surface area contributed by atoms with Gasteiger partial charge in [0.1, 0.15) is 0 Å². The Morgan fingerprint density at radius 3 is 2.33 bits per heavy atom. The van der Waals surface area contributed by atoms with Gasteiger partial charge < -0.3 is 10.6 Å². The van der Waals surface area contributed by atoms with Crippen molar-refractivity contribution in [3.8, 4) is 0 Å². The maximum atomic E-state index is 6.20. The lowest BCUT2D eigenvalue weighted by molar-refractivity contribution is 0.296. The van der Waals surface area contributed by atoms with Crippen LogP contribution in [0.3, 0.4) is 0 Å². The number of benzene rings is 1. The zero-order chi connectivity index (χ0) is 16.5. The Bertz CT molecular complexity index is 492. The van der Waals surface area contributed by atoms with E-state index in [4.69, 9.17) is 5.73 Å².